The van der Waals surface area contributed by atoms with Crippen LogP contribution in [0.4, 0.5) is 0 Å². The minimum absolute atomic E-state index is 0.735. The van der Waals surface area contributed by atoms with Crippen molar-refractivity contribution < 1.29 is 8.85 Å². The van der Waals surface area contributed by atoms with Gasteiger partial charge in [-0.05, 0) is 25.7 Å². The smallest absolute Gasteiger partial charge is 0.388 e. The van der Waals surface area contributed by atoms with Crippen molar-refractivity contribution >= 4 is 9.45 Å². The van der Waals surface area contributed by atoms with Crippen molar-refractivity contribution in [2.24, 2.45) is 0 Å². The van der Waals surface area contributed by atoms with Crippen LogP contribution in [-0.2, 0) is 8.85 Å². The summed E-state index contributed by atoms with van der Waals surface area (Å²) >= 11 is 0. The summed E-state index contributed by atoms with van der Waals surface area (Å²) in [5.74, 6) is 0. The Bertz CT molecular complexity index is 206. The van der Waals surface area contributed by atoms with Crippen molar-refractivity contribution in [2.45, 2.75) is 76.3 Å². The van der Waals surface area contributed by atoms with E-state index in [9.17, 15) is 0 Å². The van der Waals surface area contributed by atoms with Crippen molar-refractivity contribution in [1.29, 1.82) is 0 Å². The van der Waals surface area contributed by atoms with Crippen LogP contribution in [0.3, 0.4) is 0 Å². The van der Waals surface area contributed by atoms with E-state index in [0.717, 1.165) is 12.1 Å². The first-order chi connectivity index (χ1) is 8.86. The molecule has 0 heterocycles. The molecule has 0 radical (unpaired) electrons. The molecule has 0 saturated heterocycles. The third-order valence-corrected chi connectivity index (χ3v) is 6.78. The highest BCUT2D eigenvalue weighted by Gasteiger charge is 2.35. The Morgan fingerprint density at radius 1 is 0.722 bits per heavy atom. The fraction of sp³-hybridized carbons (Fsp3) is 1.00. The molecule has 0 amide bonds. The summed E-state index contributed by atoms with van der Waals surface area (Å²) in [4.78, 5) is 0. The minimum Gasteiger partial charge on any atom is -0.388 e. The number of rotatable bonds is 5. The Balaban J connectivity index is 2.04. The summed E-state index contributed by atoms with van der Waals surface area (Å²) in [6.45, 7) is 0. The van der Waals surface area contributed by atoms with Gasteiger partial charge in [-0.1, -0.05) is 38.5 Å². The first-order valence-electron chi connectivity index (χ1n) is 7.70. The van der Waals surface area contributed by atoms with Gasteiger partial charge in [-0.15, -0.1) is 0 Å². The summed E-state index contributed by atoms with van der Waals surface area (Å²) in [5.41, 5.74) is 0. The molecule has 0 atom stereocenters. The van der Waals surface area contributed by atoms with E-state index in [-0.39, 0.29) is 0 Å². The third kappa shape index (κ3) is 3.56. The molecule has 4 heteroatoms. The van der Waals surface area contributed by atoms with Gasteiger partial charge in [0.2, 0.25) is 0 Å². The predicted octanol–water partition coefficient (Wildman–Crippen LogP) is 2.96. The van der Waals surface area contributed by atoms with Gasteiger partial charge in [-0.3, -0.25) is 4.57 Å². The predicted molar refractivity (Wildman–Crippen MR) is 76.8 cm³/mol. The van der Waals surface area contributed by atoms with Crippen LogP contribution in [0, 0.1) is 0 Å². The van der Waals surface area contributed by atoms with Gasteiger partial charge in [0.25, 0.3) is 0 Å². The zero-order valence-corrected chi connectivity index (χ0v) is 13.2. The molecule has 0 aromatic carbocycles. The lowest BCUT2D eigenvalue weighted by molar-refractivity contribution is 0.0968. The molecule has 2 aliphatic carbocycles. The zero-order valence-electron chi connectivity index (χ0n) is 12.1. The van der Waals surface area contributed by atoms with E-state index in [0.29, 0.717) is 0 Å². The van der Waals surface area contributed by atoms with Gasteiger partial charge in [0.05, 0.1) is 0 Å². The van der Waals surface area contributed by atoms with Gasteiger partial charge in [-0.2, -0.15) is 0 Å². The first-order valence-corrected chi connectivity index (χ1v) is 9.15. The van der Waals surface area contributed by atoms with Crippen molar-refractivity contribution in [1.82, 2.24) is 4.57 Å². The Morgan fingerprint density at radius 3 is 1.44 bits per heavy atom. The van der Waals surface area contributed by atoms with Crippen LogP contribution in [-0.4, -0.2) is 40.3 Å². The second-order valence-electron chi connectivity index (χ2n) is 5.81. The van der Waals surface area contributed by atoms with Crippen molar-refractivity contribution in [2.75, 3.05) is 14.2 Å². The van der Waals surface area contributed by atoms with Gasteiger partial charge < -0.3 is 8.85 Å². The highest BCUT2D eigenvalue weighted by Crippen LogP contribution is 2.31. The average Bonchev–Trinajstić information content (AvgIpc) is 2.46. The SMILES string of the molecule is CO[SiH](OC)N(C1CCCCC1)C1CCCCC1. The Kier molecular flexibility index (Phi) is 6.15. The molecule has 0 N–H and O–H groups in total. The highest BCUT2D eigenvalue weighted by atomic mass is 28.3. The standard InChI is InChI=1S/C14H29NO2Si/c1-16-18(17-2)15(13-9-5-3-6-10-13)14-11-7-4-8-12-14/h13-14,18H,3-12H2,1-2H3. The maximum Gasteiger partial charge on any atom is 0.410 e. The van der Waals surface area contributed by atoms with Gasteiger partial charge in [-0.25, -0.2) is 0 Å². The molecule has 0 bridgehead atoms. The second kappa shape index (κ2) is 7.63. The Morgan fingerprint density at radius 2 is 1.11 bits per heavy atom. The lowest BCUT2D eigenvalue weighted by Crippen LogP contribution is -2.55. The molecule has 2 aliphatic rings. The summed E-state index contributed by atoms with van der Waals surface area (Å²) in [7, 11) is 2.04. The van der Waals surface area contributed by atoms with Crippen molar-refractivity contribution in [3.05, 3.63) is 0 Å². The normalized spacial score (nSPS) is 24.0. The summed E-state index contributed by atoms with van der Waals surface area (Å²) in [6.07, 6.45) is 13.8. The van der Waals surface area contributed by atoms with Crippen LogP contribution in [0.15, 0.2) is 0 Å². The van der Waals surface area contributed by atoms with E-state index < -0.39 is 9.45 Å². The fourth-order valence-corrected chi connectivity index (χ4v) is 5.70. The molecule has 0 unspecified atom stereocenters. The monoisotopic (exact) mass is 271 g/mol. The van der Waals surface area contributed by atoms with Crippen LogP contribution in [0.2, 0.25) is 0 Å². The molecular formula is C14H29NO2Si. The van der Waals surface area contributed by atoms with Gasteiger partial charge in [0, 0.05) is 26.3 Å². The number of hydrogen-bond acceptors (Lipinski definition) is 3. The zero-order chi connectivity index (χ0) is 12.8. The molecule has 106 valence electrons. The maximum atomic E-state index is 5.71. The molecule has 2 saturated carbocycles. The van der Waals surface area contributed by atoms with Crippen LogP contribution in [0.1, 0.15) is 64.2 Å². The molecule has 2 rings (SSSR count). The molecule has 0 aromatic heterocycles. The van der Waals surface area contributed by atoms with Crippen LogP contribution in [0.25, 0.3) is 0 Å². The summed E-state index contributed by atoms with van der Waals surface area (Å²) < 4.78 is 14.1. The molecule has 3 nitrogen and oxygen atoms in total. The molecule has 2 fully saturated rings. The quantitative estimate of drug-likeness (QED) is 0.718. The Hall–Kier alpha value is 0.0969. The van der Waals surface area contributed by atoms with Crippen molar-refractivity contribution in [3.8, 4) is 0 Å². The lowest BCUT2D eigenvalue weighted by atomic mass is 9.91. The lowest BCUT2D eigenvalue weighted by Gasteiger charge is -2.43. The second-order valence-corrected chi connectivity index (χ2v) is 7.96. The molecular weight excluding hydrogens is 242 g/mol. The average molecular weight is 271 g/mol. The van der Waals surface area contributed by atoms with E-state index in [1.165, 1.54) is 64.2 Å². The first kappa shape index (κ1) is 14.5. The maximum absolute atomic E-state index is 5.71. The van der Waals surface area contributed by atoms with Crippen LogP contribution in [0.5, 0.6) is 0 Å². The third-order valence-electron chi connectivity index (χ3n) is 4.64. The van der Waals surface area contributed by atoms with Gasteiger partial charge >= 0.3 is 9.45 Å². The number of hydrogen-bond donors (Lipinski definition) is 0. The largest absolute Gasteiger partial charge is 0.410 e. The highest BCUT2D eigenvalue weighted by molar-refractivity contribution is 6.41. The van der Waals surface area contributed by atoms with Gasteiger partial charge in [0.1, 0.15) is 0 Å². The van der Waals surface area contributed by atoms with Gasteiger partial charge in [0.15, 0.2) is 0 Å². The minimum atomic E-state index is -1.62. The topological polar surface area (TPSA) is 21.7 Å². The van der Waals surface area contributed by atoms with E-state index in [4.69, 9.17) is 8.85 Å². The van der Waals surface area contributed by atoms with Crippen molar-refractivity contribution in [3.63, 3.8) is 0 Å². The summed E-state index contributed by atoms with van der Waals surface area (Å²) in [5, 5.41) is 0. The summed E-state index contributed by atoms with van der Waals surface area (Å²) in [6, 6.07) is 1.47. The molecule has 0 aliphatic heterocycles. The molecule has 18 heavy (non-hydrogen) atoms. The van der Waals surface area contributed by atoms with E-state index in [1.54, 1.807) is 0 Å². The molecule has 0 aromatic rings. The van der Waals surface area contributed by atoms with E-state index in [2.05, 4.69) is 4.57 Å². The Labute approximate surface area is 114 Å². The number of nitrogens with zero attached hydrogens (tertiary/aromatic N) is 1. The van der Waals surface area contributed by atoms with Crippen LogP contribution >= 0.6 is 0 Å². The van der Waals surface area contributed by atoms with E-state index in [1.807, 2.05) is 14.2 Å². The molecule has 0 spiro atoms. The van der Waals surface area contributed by atoms with Crippen LogP contribution < -0.4 is 0 Å². The fourth-order valence-electron chi connectivity index (χ4n) is 3.74. The van der Waals surface area contributed by atoms with E-state index >= 15 is 0 Å².